The normalized spacial score (nSPS) is 12.4. The molecule has 1 atom stereocenters. The van der Waals surface area contributed by atoms with E-state index in [1.165, 1.54) is 19.1 Å². The van der Waals surface area contributed by atoms with Crippen LogP contribution in [0.25, 0.3) is 0 Å². The number of hydrogen-bond acceptors (Lipinski definition) is 5. The predicted octanol–water partition coefficient (Wildman–Crippen LogP) is 2.98. The van der Waals surface area contributed by atoms with Gasteiger partial charge >= 0.3 is 5.97 Å². The van der Waals surface area contributed by atoms with Crippen molar-refractivity contribution >= 4 is 35.1 Å². The van der Waals surface area contributed by atoms with Gasteiger partial charge in [-0.3, -0.25) is 19.3 Å². The number of carbonyl (C=O) groups excluding carboxylic acids is 3. The fourth-order valence-corrected chi connectivity index (χ4v) is 2.62. The van der Waals surface area contributed by atoms with Gasteiger partial charge in [-0.25, -0.2) is 4.39 Å². The van der Waals surface area contributed by atoms with Crippen molar-refractivity contribution in [2.24, 2.45) is 0 Å². The molecule has 2 N–H and O–H groups in total. The maximum Gasteiger partial charge on any atom is 0.323 e. The first-order valence-electron chi connectivity index (χ1n) is 9.35. The summed E-state index contributed by atoms with van der Waals surface area (Å²) < 4.78 is 19.2. The molecule has 0 fully saturated rings. The van der Waals surface area contributed by atoms with E-state index in [4.69, 9.17) is 16.3 Å². The van der Waals surface area contributed by atoms with Crippen LogP contribution in [0.15, 0.2) is 18.2 Å². The quantitative estimate of drug-likeness (QED) is 0.589. The first-order valence-corrected chi connectivity index (χ1v) is 9.73. The Hall–Kier alpha value is -2.19. The molecule has 0 heterocycles. The Balaban J connectivity index is 2.73. The van der Waals surface area contributed by atoms with E-state index in [0.29, 0.717) is 13.1 Å². The molecule has 0 aliphatic carbocycles. The molecule has 1 unspecified atom stereocenters. The zero-order chi connectivity index (χ0) is 22.2. The molecule has 1 rings (SSSR count). The van der Waals surface area contributed by atoms with Crippen molar-refractivity contribution < 1.29 is 23.5 Å². The van der Waals surface area contributed by atoms with Gasteiger partial charge in [0.05, 0.1) is 5.69 Å². The maximum atomic E-state index is 13.8. The molecule has 0 bridgehead atoms. The van der Waals surface area contributed by atoms with Crippen LogP contribution >= 0.6 is 11.6 Å². The van der Waals surface area contributed by atoms with E-state index < -0.39 is 29.3 Å². The van der Waals surface area contributed by atoms with Gasteiger partial charge in [-0.05, 0) is 45.9 Å². The van der Waals surface area contributed by atoms with Gasteiger partial charge in [0.15, 0.2) is 0 Å². The van der Waals surface area contributed by atoms with Crippen LogP contribution in [0, 0.1) is 5.82 Å². The molecule has 0 aliphatic heterocycles. The molecule has 1 aromatic carbocycles. The fourth-order valence-electron chi connectivity index (χ4n) is 2.46. The SMILES string of the molecule is CC(=O)NCCN(CCC(=O)Nc1ccc(Cl)cc1F)C(C)C(=O)OC(C)(C)C. The number of carbonyl (C=O) groups is 3. The van der Waals surface area contributed by atoms with Gasteiger partial charge in [0, 0.05) is 38.0 Å². The van der Waals surface area contributed by atoms with Crippen LogP contribution in [0.1, 0.15) is 41.0 Å². The molecule has 162 valence electrons. The van der Waals surface area contributed by atoms with Crippen LogP contribution in [0.2, 0.25) is 5.02 Å². The second-order valence-corrected chi connectivity index (χ2v) is 8.09. The third kappa shape index (κ3) is 9.71. The van der Waals surface area contributed by atoms with Crippen molar-refractivity contribution in [2.45, 2.75) is 52.7 Å². The summed E-state index contributed by atoms with van der Waals surface area (Å²) >= 11 is 5.70. The number of hydrogen-bond donors (Lipinski definition) is 2. The largest absolute Gasteiger partial charge is 0.459 e. The molecule has 0 aliphatic rings. The number of esters is 1. The van der Waals surface area contributed by atoms with Crippen LogP contribution in [-0.4, -0.2) is 54.0 Å². The first kappa shape index (κ1) is 24.8. The molecule has 0 aromatic heterocycles. The number of ether oxygens (including phenoxy) is 1. The van der Waals surface area contributed by atoms with E-state index in [-0.39, 0.29) is 29.6 Å². The summed E-state index contributed by atoms with van der Waals surface area (Å²) in [4.78, 5) is 37.5. The van der Waals surface area contributed by atoms with Gasteiger partial charge in [0.1, 0.15) is 17.5 Å². The van der Waals surface area contributed by atoms with Crippen molar-refractivity contribution in [1.82, 2.24) is 10.2 Å². The van der Waals surface area contributed by atoms with E-state index in [1.807, 2.05) is 0 Å². The second-order valence-electron chi connectivity index (χ2n) is 7.65. The van der Waals surface area contributed by atoms with Crippen LogP contribution in [-0.2, 0) is 19.1 Å². The molecule has 0 radical (unpaired) electrons. The molecule has 29 heavy (non-hydrogen) atoms. The van der Waals surface area contributed by atoms with Crippen LogP contribution in [0.5, 0.6) is 0 Å². The number of anilines is 1. The highest BCUT2D eigenvalue weighted by Crippen LogP contribution is 2.19. The van der Waals surface area contributed by atoms with E-state index in [1.54, 1.807) is 32.6 Å². The summed E-state index contributed by atoms with van der Waals surface area (Å²) in [5.74, 6) is -1.65. The van der Waals surface area contributed by atoms with Gasteiger partial charge in [0.25, 0.3) is 0 Å². The minimum Gasteiger partial charge on any atom is -0.459 e. The molecule has 0 spiro atoms. The van der Waals surface area contributed by atoms with Crippen molar-refractivity contribution in [2.75, 3.05) is 25.0 Å². The highest BCUT2D eigenvalue weighted by molar-refractivity contribution is 6.30. The van der Waals surface area contributed by atoms with Crippen LogP contribution < -0.4 is 10.6 Å². The average Bonchev–Trinajstić information content (AvgIpc) is 2.58. The molecular weight excluding hydrogens is 401 g/mol. The molecule has 9 heteroatoms. The molecule has 2 amide bonds. The number of halogens is 2. The second kappa shape index (κ2) is 11.1. The predicted molar refractivity (Wildman–Crippen MR) is 110 cm³/mol. The first-order chi connectivity index (χ1) is 13.4. The highest BCUT2D eigenvalue weighted by Gasteiger charge is 2.27. The standard InChI is InChI=1S/C20H29ClFN3O4/c1-13(19(28)29-20(3,4)5)25(11-9-23-14(2)26)10-8-18(27)24-17-7-6-15(21)12-16(17)22/h6-7,12-13H,8-11H2,1-5H3,(H,23,26)(H,24,27). The summed E-state index contributed by atoms with van der Waals surface area (Å²) in [7, 11) is 0. The van der Waals surface area contributed by atoms with Gasteiger partial charge < -0.3 is 15.4 Å². The smallest absolute Gasteiger partial charge is 0.323 e. The Morgan fingerprint density at radius 2 is 1.90 bits per heavy atom. The topological polar surface area (TPSA) is 87.7 Å². The van der Waals surface area contributed by atoms with Gasteiger partial charge in [-0.2, -0.15) is 0 Å². The number of benzene rings is 1. The summed E-state index contributed by atoms with van der Waals surface area (Å²) in [6.07, 6.45) is 0.0231. The third-order valence-electron chi connectivity index (χ3n) is 3.90. The monoisotopic (exact) mass is 429 g/mol. The maximum absolute atomic E-state index is 13.8. The zero-order valence-corrected chi connectivity index (χ0v) is 18.2. The van der Waals surface area contributed by atoms with E-state index in [2.05, 4.69) is 10.6 Å². The molecular formula is C20H29ClFN3O4. The molecule has 7 nitrogen and oxygen atoms in total. The Kier molecular flexibility index (Phi) is 9.52. The Morgan fingerprint density at radius 1 is 1.24 bits per heavy atom. The van der Waals surface area contributed by atoms with Gasteiger partial charge in [-0.15, -0.1) is 0 Å². The van der Waals surface area contributed by atoms with Gasteiger partial charge in [-0.1, -0.05) is 11.6 Å². The Morgan fingerprint density at radius 3 is 2.45 bits per heavy atom. The van der Waals surface area contributed by atoms with Crippen molar-refractivity contribution in [3.63, 3.8) is 0 Å². The van der Waals surface area contributed by atoms with Crippen LogP contribution in [0.4, 0.5) is 10.1 Å². The van der Waals surface area contributed by atoms with Crippen molar-refractivity contribution in [3.8, 4) is 0 Å². The summed E-state index contributed by atoms with van der Waals surface area (Å²) in [5, 5.41) is 5.38. The van der Waals surface area contributed by atoms with Crippen LogP contribution in [0.3, 0.4) is 0 Å². The number of amides is 2. The Bertz CT molecular complexity index is 737. The molecule has 1 aromatic rings. The highest BCUT2D eigenvalue weighted by atomic mass is 35.5. The van der Waals surface area contributed by atoms with Crippen molar-refractivity contribution in [1.29, 1.82) is 0 Å². The number of rotatable bonds is 9. The molecule has 0 saturated heterocycles. The summed E-state index contributed by atoms with van der Waals surface area (Å²) in [6.45, 7) is 9.28. The lowest BCUT2D eigenvalue weighted by molar-refractivity contribution is -0.161. The number of nitrogens with one attached hydrogen (secondary N) is 2. The van der Waals surface area contributed by atoms with Gasteiger partial charge in [0.2, 0.25) is 11.8 Å². The van der Waals surface area contributed by atoms with Crippen molar-refractivity contribution in [3.05, 3.63) is 29.0 Å². The Labute approximate surface area is 175 Å². The average molecular weight is 430 g/mol. The minimum absolute atomic E-state index is 0.0231. The summed E-state index contributed by atoms with van der Waals surface area (Å²) in [5.41, 5.74) is -0.609. The van der Waals surface area contributed by atoms with E-state index in [0.717, 1.165) is 6.07 Å². The fraction of sp³-hybridized carbons (Fsp3) is 0.550. The minimum atomic E-state index is -0.641. The zero-order valence-electron chi connectivity index (χ0n) is 17.5. The lowest BCUT2D eigenvalue weighted by Crippen LogP contribution is -2.46. The lowest BCUT2D eigenvalue weighted by Gasteiger charge is -2.30. The van der Waals surface area contributed by atoms with E-state index in [9.17, 15) is 18.8 Å². The lowest BCUT2D eigenvalue weighted by atomic mass is 10.2. The van der Waals surface area contributed by atoms with E-state index >= 15 is 0 Å². The third-order valence-corrected chi connectivity index (χ3v) is 4.13. The number of nitrogens with zero attached hydrogens (tertiary/aromatic N) is 1. The molecule has 0 saturated carbocycles. The summed E-state index contributed by atoms with van der Waals surface area (Å²) in [6, 6.07) is 3.35.